The fourth-order valence-electron chi connectivity index (χ4n) is 2.48. The van der Waals surface area contributed by atoms with E-state index in [2.05, 4.69) is 30.8 Å². The lowest BCUT2D eigenvalue weighted by atomic mass is 9.92. The predicted octanol–water partition coefficient (Wildman–Crippen LogP) is 3.39. The number of nitrogens with zero attached hydrogens (tertiary/aromatic N) is 2. The van der Waals surface area contributed by atoms with E-state index >= 15 is 0 Å². The van der Waals surface area contributed by atoms with Crippen LogP contribution in [0.15, 0.2) is 47.5 Å². The van der Waals surface area contributed by atoms with Crippen molar-refractivity contribution in [2.75, 3.05) is 13.1 Å². The molecular formula is C17H22BrN3O. The normalized spacial score (nSPS) is 12.3. The molecule has 1 heterocycles. The second-order valence-electron chi connectivity index (χ2n) is 5.41. The molecule has 0 fully saturated rings. The van der Waals surface area contributed by atoms with Crippen LogP contribution < -0.4 is 5.32 Å². The molecule has 0 aliphatic rings. The number of ketones is 1. The topological polar surface area (TPSA) is 46.9 Å². The van der Waals surface area contributed by atoms with Gasteiger partial charge in [0, 0.05) is 29.3 Å². The molecule has 0 spiro atoms. The first-order valence-electron chi connectivity index (χ1n) is 7.59. The minimum atomic E-state index is -0.0192. The highest BCUT2D eigenvalue weighted by molar-refractivity contribution is 9.10. The molecule has 118 valence electrons. The molecule has 0 saturated heterocycles. The van der Waals surface area contributed by atoms with Crippen LogP contribution in [0.3, 0.4) is 0 Å². The summed E-state index contributed by atoms with van der Waals surface area (Å²) in [6, 6.07) is 8.03. The van der Waals surface area contributed by atoms with Gasteiger partial charge in [0.05, 0.1) is 6.33 Å². The molecule has 22 heavy (non-hydrogen) atoms. The zero-order valence-electron chi connectivity index (χ0n) is 12.8. The molecule has 4 nitrogen and oxygen atoms in total. The third-order valence-corrected chi connectivity index (χ3v) is 4.23. The van der Waals surface area contributed by atoms with Gasteiger partial charge < -0.3 is 9.88 Å². The number of benzene rings is 1. The molecule has 0 aliphatic carbocycles. The van der Waals surface area contributed by atoms with E-state index < -0.39 is 0 Å². The van der Waals surface area contributed by atoms with E-state index in [0.29, 0.717) is 0 Å². The summed E-state index contributed by atoms with van der Waals surface area (Å²) in [5, 5.41) is 3.42. The summed E-state index contributed by atoms with van der Waals surface area (Å²) in [6.07, 6.45) is 7.49. The monoisotopic (exact) mass is 363 g/mol. The maximum Gasteiger partial charge on any atom is 0.137 e. The van der Waals surface area contributed by atoms with Gasteiger partial charge in [-0.1, -0.05) is 28.1 Å². The van der Waals surface area contributed by atoms with Crippen LogP contribution in [0.2, 0.25) is 0 Å². The summed E-state index contributed by atoms with van der Waals surface area (Å²) in [7, 11) is 0. The number of carbonyl (C=O) groups excluding carboxylic acids is 1. The molecule has 1 aromatic heterocycles. The summed E-state index contributed by atoms with van der Waals surface area (Å²) in [4.78, 5) is 15.9. The van der Waals surface area contributed by atoms with Crippen molar-refractivity contribution in [3.8, 4) is 0 Å². The quantitative estimate of drug-likeness (QED) is 0.694. The lowest BCUT2D eigenvalue weighted by Crippen LogP contribution is -2.22. The highest BCUT2D eigenvalue weighted by atomic mass is 79.9. The minimum Gasteiger partial charge on any atom is -0.337 e. The van der Waals surface area contributed by atoms with Crippen molar-refractivity contribution in [1.29, 1.82) is 0 Å². The molecule has 0 amide bonds. The molecule has 1 aromatic carbocycles. The van der Waals surface area contributed by atoms with Gasteiger partial charge in [0.1, 0.15) is 5.78 Å². The van der Waals surface area contributed by atoms with Gasteiger partial charge in [-0.2, -0.15) is 0 Å². The first-order chi connectivity index (χ1) is 10.7. The number of nitrogens with one attached hydrogen (secondary N) is 1. The van der Waals surface area contributed by atoms with Crippen molar-refractivity contribution in [3.63, 3.8) is 0 Å². The maximum atomic E-state index is 11.9. The van der Waals surface area contributed by atoms with Gasteiger partial charge in [-0.05, 0) is 50.6 Å². The van der Waals surface area contributed by atoms with Gasteiger partial charge in [-0.15, -0.1) is 0 Å². The fraction of sp³-hybridized carbons (Fsp3) is 0.412. The Morgan fingerprint density at radius 2 is 2.09 bits per heavy atom. The Morgan fingerprint density at radius 1 is 1.32 bits per heavy atom. The summed E-state index contributed by atoms with van der Waals surface area (Å²) in [6.45, 7) is 4.44. The van der Waals surface area contributed by atoms with E-state index in [1.54, 1.807) is 13.1 Å². The van der Waals surface area contributed by atoms with Gasteiger partial charge in [-0.25, -0.2) is 4.98 Å². The number of hydrogen-bond acceptors (Lipinski definition) is 3. The van der Waals surface area contributed by atoms with Crippen LogP contribution in [0, 0.1) is 0 Å². The van der Waals surface area contributed by atoms with Crippen LogP contribution in [0.25, 0.3) is 0 Å². The van der Waals surface area contributed by atoms with E-state index in [1.165, 1.54) is 0 Å². The Balaban J connectivity index is 1.70. The van der Waals surface area contributed by atoms with Crippen LogP contribution in [-0.4, -0.2) is 28.4 Å². The van der Waals surface area contributed by atoms with Crippen molar-refractivity contribution in [2.24, 2.45) is 0 Å². The van der Waals surface area contributed by atoms with Crippen LogP contribution in [-0.2, 0) is 11.3 Å². The zero-order chi connectivity index (χ0) is 15.8. The lowest BCUT2D eigenvalue weighted by molar-refractivity contribution is -0.118. The molecule has 0 radical (unpaired) electrons. The predicted molar refractivity (Wildman–Crippen MR) is 91.9 cm³/mol. The molecular weight excluding hydrogens is 342 g/mol. The van der Waals surface area contributed by atoms with Crippen LogP contribution in [0.5, 0.6) is 0 Å². The van der Waals surface area contributed by atoms with Crippen LogP contribution in [0.4, 0.5) is 0 Å². The standard InChI is InChI=1S/C17H22BrN3O/c1-14(22)17(15-3-5-16(18)6-4-15)7-9-19-8-2-11-21-12-10-20-13-21/h3-6,10,12-13,17,19H,2,7-9,11H2,1H3/t17-/m0/s1. The van der Waals surface area contributed by atoms with Gasteiger partial charge >= 0.3 is 0 Å². The molecule has 1 N–H and O–H groups in total. The van der Waals surface area contributed by atoms with Crippen molar-refractivity contribution in [2.45, 2.75) is 32.2 Å². The van der Waals surface area contributed by atoms with Crippen molar-refractivity contribution >= 4 is 21.7 Å². The Kier molecular flexibility index (Phi) is 6.80. The van der Waals surface area contributed by atoms with E-state index in [9.17, 15) is 4.79 Å². The van der Waals surface area contributed by atoms with E-state index in [-0.39, 0.29) is 11.7 Å². The largest absolute Gasteiger partial charge is 0.337 e. The molecule has 2 rings (SSSR count). The Bertz CT molecular complexity index is 566. The molecule has 2 aromatic rings. The minimum absolute atomic E-state index is 0.0192. The number of carbonyl (C=O) groups is 1. The summed E-state index contributed by atoms with van der Waals surface area (Å²) < 4.78 is 3.11. The SMILES string of the molecule is CC(=O)[C@H](CCNCCCn1ccnc1)c1ccc(Br)cc1. The lowest BCUT2D eigenvalue weighted by Gasteiger charge is -2.15. The zero-order valence-corrected chi connectivity index (χ0v) is 14.4. The smallest absolute Gasteiger partial charge is 0.137 e. The molecule has 0 unspecified atom stereocenters. The Labute approximate surface area is 140 Å². The number of imidazole rings is 1. The first-order valence-corrected chi connectivity index (χ1v) is 8.38. The number of rotatable bonds is 9. The van der Waals surface area contributed by atoms with Crippen LogP contribution >= 0.6 is 15.9 Å². The number of Topliss-reactive ketones (excluding diaryl/α,β-unsaturated/α-hetero) is 1. The Hall–Kier alpha value is -1.46. The van der Waals surface area contributed by atoms with E-state index in [1.807, 2.05) is 36.8 Å². The molecule has 0 aliphatic heterocycles. The molecule has 0 bridgehead atoms. The molecule has 0 saturated carbocycles. The van der Waals surface area contributed by atoms with E-state index in [0.717, 1.165) is 42.5 Å². The summed E-state index contributed by atoms with van der Waals surface area (Å²) in [5.41, 5.74) is 1.09. The molecule has 5 heteroatoms. The van der Waals surface area contributed by atoms with Gasteiger partial charge in [0.25, 0.3) is 0 Å². The van der Waals surface area contributed by atoms with E-state index in [4.69, 9.17) is 0 Å². The second kappa shape index (κ2) is 8.86. The highest BCUT2D eigenvalue weighted by Crippen LogP contribution is 2.22. The highest BCUT2D eigenvalue weighted by Gasteiger charge is 2.15. The number of hydrogen-bond donors (Lipinski definition) is 1. The fourth-order valence-corrected chi connectivity index (χ4v) is 2.74. The van der Waals surface area contributed by atoms with Crippen molar-refractivity contribution in [1.82, 2.24) is 14.9 Å². The van der Waals surface area contributed by atoms with Gasteiger partial charge in [-0.3, -0.25) is 4.79 Å². The average molecular weight is 364 g/mol. The van der Waals surface area contributed by atoms with Crippen molar-refractivity contribution < 1.29 is 4.79 Å². The maximum absolute atomic E-state index is 11.9. The average Bonchev–Trinajstić information content (AvgIpc) is 3.01. The first kappa shape index (κ1) is 16.9. The van der Waals surface area contributed by atoms with Gasteiger partial charge in [0.2, 0.25) is 0 Å². The third kappa shape index (κ3) is 5.39. The second-order valence-corrected chi connectivity index (χ2v) is 6.32. The summed E-state index contributed by atoms with van der Waals surface area (Å²) in [5.74, 6) is 0.205. The molecule has 1 atom stereocenters. The number of aryl methyl sites for hydroxylation is 1. The number of aromatic nitrogens is 2. The number of halogens is 1. The third-order valence-electron chi connectivity index (χ3n) is 3.70. The Morgan fingerprint density at radius 3 is 2.73 bits per heavy atom. The summed E-state index contributed by atoms with van der Waals surface area (Å²) >= 11 is 3.43. The van der Waals surface area contributed by atoms with Crippen LogP contribution in [0.1, 0.15) is 31.2 Å². The van der Waals surface area contributed by atoms with Gasteiger partial charge in [0.15, 0.2) is 0 Å². The van der Waals surface area contributed by atoms with Crippen molar-refractivity contribution in [3.05, 3.63) is 53.0 Å².